The number of ketones is 1. The largest absolute Gasteiger partial charge is 0.493 e. The van der Waals surface area contributed by atoms with E-state index < -0.39 is 17.8 Å². The lowest BCUT2D eigenvalue weighted by Gasteiger charge is -2.40. The molecule has 2 aromatic carbocycles. The zero-order valence-corrected chi connectivity index (χ0v) is 21.1. The number of methoxy groups -OCH3 is 2. The van der Waals surface area contributed by atoms with Crippen LogP contribution in [0.25, 0.3) is 0 Å². The van der Waals surface area contributed by atoms with E-state index in [0.29, 0.717) is 46.2 Å². The summed E-state index contributed by atoms with van der Waals surface area (Å²) >= 11 is 6.58. The van der Waals surface area contributed by atoms with Crippen molar-refractivity contribution in [2.75, 3.05) is 14.2 Å². The average Bonchev–Trinajstić information content (AvgIpc) is 2.82. The maximum absolute atomic E-state index is 13.7. The third-order valence-electron chi connectivity index (χ3n) is 6.56. The van der Waals surface area contributed by atoms with Crippen LogP contribution >= 0.6 is 11.6 Å². The highest BCUT2D eigenvalue weighted by Crippen LogP contribution is 2.49. The molecular weight excluding hydrogens is 466 g/mol. The topological polar surface area (TPSA) is 73.9 Å². The van der Waals surface area contributed by atoms with Crippen molar-refractivity contribution in [3.8, 4) is 11.5 Å². The standard InChI is InChI=1S/C28H30ClNO5/c1-15(2)35-28(32)25-16(3)30-21-12-18(17-10-11-23(33-4)24(14-17)34-5)13-22(31)27(21)26(25)19-8-6-7-9-20(19)29/h6-11,14-15,18,25-26,30H,3,12-13H2,1-2,4-5H3. The van der Waals surface area contributed by atoms with Gasteiger partial charge in [-0.15, -0.1) is 0 Å². The van der Waals surface area contributed by atoms with Gasteiger partial charge < -0.3 is 19.5 Å². The molecule has 1 heterocycles. The molecule has 3 unspecified atom stereocenters. The summed E-state index contributed by atoms with van der Waals surface area (Å²) in [6.07, 6.45) is 0.590. The predicted octanol–water partition coefficient (Wildman–Crippen LogP) is 5.53. The van der Waals surface area contributed by atoms with Crippen LogP contribution in [0.15, 0.2) is 66.0 Å². The van der Waals surface area contributed by atoms with Gasteiger partial charge in [-0.2, -0.15) is 0 Å². The number of carbonyl (C=O) groups excluding carboxylic acids is 2. The summed E-state index contributed by atoms with van der Waals surface area (Å²) in [5.41, 5.74) is 3.54. The van der Waals surface area contributed by atoms with Gasteiger partial charge in [-0.3, -0.25) is 9.59 Å². The van der Waals surface area contributed by atoms with E-state index in [4.69, 9.17) is 25.8 Å². The fourth-order valence-corrected chi connectivity index (χ4v) is 5.29. The Balaban J connectivity index is 1.78. The smallest absolute Gasteiger partial charge is 0.316 e. The van der Waals surface area contributed by atoms with E-state index >= 15 is 0 Å². The minimum atomic E-state index is -0.766. The Labute approximate surface area is 210 Å². The number of hydrogen-bond donors (Lipinski definition) is 1. The quantitative estimate of drug-likeness (QED) is 0.531. The van der Waals surface area contributed by atoms with Crippen LogP contribution in [0.4, 0.5) is 0 Å². The Hall–Kier alpha value is -3.25. The molecule has 2 aromatic rings. The number of allylic oxidation sites excluding steroid dienone is 2. The van der Waals surface area contributed by atoms with Crippen LogP contribution in [0.5, 0.6) is 11.5 Å². The van der Waals surface area contributed by atoms with E-state index in [9.17, 15) is 9.59 Å². The summed E-state index contributed by atoms with van der Waals surface area (Å²) in [5.74, 6) is -0.610. The molecular formula is C28H30ClNO5. The Kier molecular flexibility index (Phi) is 7.22. The maximum Gasteiger partial charge on any atom is 0.316 e. The van der Waals surface area contributed by atoms with E-state index in [0.717, 1.165) is 11.3 Å². The molecule has 2 aliphatic rings. The number of halogens is 1. The second-order valence-corrected chi connectivity index (χ2v) is 9.55. The molecule has 0 saturated carbocycles. The number of benzene rings is 2. The van der Waals surface area contributed by atoms with Crippen molar-refractivity contribution in [2.24, 2.45) is 5.92 Å². The highest BCUT2D eigenvalue weighted by molar-refractivity contribution is 6.31. The predicted molar refractivity (Wildman–Crippen MR) is 135 cm³/mol. The van der Waals surface area contributed by atoms with Crippen molar-refractivity contribution in [1.29, 1.82) is 0 Å². The Morgan fingerprint density at radius 1 is 1.09 bits per heavy atom. The van der Waals surface area contributed by atoms with Crippen LogP contribution in [-0.2, 0) is 14.3 Å². The molecule has 1 N–H and O–H groups in total. The van der Waals surface area contributed by atoms with Crippen LogP contribution in [-0.4, -0.2) is 32.1 Å². The van der Waals surface area contributed by atoms with E-state index in [1.54, 1.807) is 34.1 Å². The first kappa shape index (κ1) is 24.9. The number of nitrogens with one attached hydrogen (secondary N) is 1. The van der Waals surface area contributed by atoms with E-state index in [2.05, 4.69) is 11.9 Å². The number of esters is 1. The number of hydrogen-bond acceptors (Lipinski definition) is 6. The maximum atomic E-state index is 13.7. The fourth-order valence-electron chi connectivity index (χ4n) is 5.04. The molecule has 1 aliphatic carbocycles. The normalized spacial score (nSPS) is 21.9. The number of Topliss-reactive ketones (excluding diaryl/α,β-unsaturated/α-hetero) is 1. The summed E-state index contributed by atoms with van der Waals surface area (Å²) in [7, 11) is 3.18. The van der Waals surface area contributed by atoms with Gasteiger partial charge in [0.05, 0.1) is 20.3 Å². The minimum absolute atomic E-state index is 0.0294. The molecule has 0 aromatic heterocycles. The van der Waals surface area contributed by atoms with Crippen LogP contribution in [0, 0.1) is 5.92 Å². The van der Waals surface area contributed by atoms with Crippen LogP contribution in [0.1, 0.15) is 49.7 Å². The Bertz CT molecular complexity index is 1200. The average molecular weight is 496 g/mol. The van der Waals surface area contributed by atoms with E-state index in [-0.39, 0.29) is 17.8 Å². The molecule has 0 radical (unpaired) electrons. The molecule has 35 heavy (non-hydrogen) atoms. The van der Waals surface area contributed by atoms with Gasteiger partial charge in [0.15, 0.2) is 17.3 Å². The van der Waals surface area contributed by atoms with Crippen molar-refractivity contribution >= 4 is 23.4 Å². The molecule has 0 bridgehead atoms. The summed E-state index contributed by atoms with van der Waals surface area (Å²) in [4.78, 5) is 26.9. The van der Waals surface area contributed by atoms with E-state index in [1.807, 2.05) is 36.4 Å². The summed E-state index contributed by atoms with van der Waals surface area (Å²) in [6, 6.07) is 13.0. The number of ether oxygens (including phenoxy) is 3. The van der Waals surface area contributed by atoms with Gasteiger partial charge in [0, 0.05) is 34.3 Å². The first-order valence-electron chi connectivity index (χ1n) is 11.6. The Morgan fingerprint density at radius 3 is 2.46 bits per heavy atom. The number of rotatable bonds is 6. The van der Waals surface area contributed by atoms with Crippen molar-refractivity contribution in [1.82, 2.24) is 5.32 Å². The first-order valence-corrected chi connectivity index (χ1v) is 12.0. The van der Waals surface area contributed by atoms with Gasteiger partial charge in [0.25, 0.3) is 0 Å². The van der Waals surface area contributed by atoms with Gasteiger partial charge in [0.2, 0.25) is 0 Å². The lowest BCUT2D eigenvalue weighted by atomic mass is 9.69. The van der Waals surface area contributed by atoms with Crippen molar-refractivity contribution in [3.05, 3.63) is 82.2 Å². The molecule has 3 atom stereocenters. The number of carbonyl (C=O) groups is 2. The highest BCUT2D eigenvalue weighted by Gasteiger charge is 2.46. The molecule has 184 valence electrons. The lowest BCUT2D eigenvalue weighted by Crippen LogP contribution is -2.42. The van der Waals surface area contributed by atoms with Crippen LogP contribution < -0.4 is 14.8 Å². The van der Waals surface area contributed by atoms with Crippen molar-refractivity contribution in [2.45, 2.75) is 44.6 Å². The summed E-state index contributed by atoms with van der Waals surface area (Å²) in [5, 5.41) is 3.78. The zero-order chi connectivity index (χ0) is 25.3. The second kappa shape index (κ2) is 10.2. The highest BCUT2D eigenvalue weighted by atomic mass is 35.5. The van der Waals surface area contributed by atoms with Gasteiger partial charge in [0.1, 0.15) is 5.92 Å². The lowest BCUT2D eigenvalue weighted by molar-refractivity contribution is -0.151. The van der Waals surface area contributed by atoms with Gasteiger partial charge in [-0.25, -0.2) is 0 Å². The zero-order valence-electron chi connectivity index (χ0n) is 20.4. The summed E-state index contributed by atoms with van der Waals surface area (Å²) in [6.45, 7) is 7.75. The van der Waals surface area contributed by atoms with Crippen LogP contribution in [0.3, 0.4) is 0 Å². The van der Waals surface area contributed by atoms with Gasteiger partial charge in [-0.05, 0) is 55.5 Å². The third kappa shape index (κ3) is 4.80. The Morgan fingerprint density at radius 2 is 1.80 bits per heavy atom. The third-order valence-corrected chi connectivity index (χ3v) is 6.91. The molecule has 0 fully saturated rings. The molecule has 6 nitrogen and oxygen atoms in total. The van der Waals surface area contributed by atoms with Gasteiger partial charge >= 0.3 is 5.97 Å². The second-order valence-electron chi connectivity index (χ2n) is 9.15. The van der Waals surface area contributed by atoms with Crippen LogP contribution in [0.2, 0.25) is 5.02 Å². The van der Waals surface area contributed by atoms with E-state index in [1.165, 1.54) is 0 Å². The molecule has 4 rings (SSSR count). The first-order chi connectivity index (χ1) is 16.7. The van der Waals surface area contributed by atoms with Crippen molar-refractivity contribution < 1.29 is 23.8 Å². The SMILES string of the molecule is C=C1NC2=C(C(=O)CC(c3ccc(OC)c(OC)c3)C2)C(c2ccccc2Cl)C1C(=O)OC(C)C. The summed E-state index contributed by atoms with van der Waals surface area (Å²) < 4.78 is 16.4. The molecule has 0 saturated heterocycles. The molecule has 0 spiro atoms. The molecule has 0 amide bonds. The van der Waals surface area contributed by atoms with Gasteiger partial charge in [-0.1, -0.05) is 42.4 Å². The molecule has 1 aliphatic heterocycles. The molecule has 7 heteroatoms. The fraction of sp³-hybridized carbons (Fsp3) is 0.357. The monoisotopic (exact) mass is 495 g/mol. The minimum Gasteiger partial charge on any atom is -0.493 e. The van der Waals surface area contributed by atoms with Crippen molar-refractivity contribution in [3.63, 3.8) is 0 Å².